The molecule has 1 fully saturated rings. The quantitative estimate of drug-likeness (QED) is 0.907. The summed E-state index contributed by atoms with van der Waals surface area (Å²) in [4.78, 5) is 28.0. The standard InChI is InChI=1S/C15H22N2O2S/c1-4-7-12-13(18)17(10-11-8-6-9-20-11)15(3,5-2)14(19)16-12/h6,8-9,12H,4-5,7,10H2,1-3H3,(H,16,19). The molecule has 2 atom stereocenters. The van der Waals surface area contributed by atoms with E-state index in [1.807, 2.05) is 38.3 Å². The van der Waals surface area contributed by atoms with Gasteiger partial charge in [0.1, 0.15) is 11.6 Å². The van der Waals surface area contributed by atoms with Gasteiger partial charge in [0.15, 0.2) is 0 Å². The van der Waals surface area contributed by atoms with Crippen molar-refractivity contribution in [1.82, 2.24) is 10.2 Å². The van der Waals surface area contributed by atoms with Crippen molar-refractivity contribution in [3.8, 4) is 0 Å². The average molecular weight is 294 g/mol. The Morgan fingerprint density at radius 2 is 2.15 bits per heavy atom. The first-order valence-corrected chi connectivity index (χ1v) is 8.05. The maximum Gasteiger partial charge on any atom is 0.246 e. The van der Waals surface area contributed by atoms with Crippen LogP contribution in [-0.4, -0.2) is 28.3 Å². The second-order valence-electron chi connectivity index (χ2n) is 5.45. The van der Waals surface area contributed by atoms with Gasteiger partial charge in [-0.2, -0.15) is 0 Å². The molecule has 0 aromatic carbocycles. The third-order valence-electron chi connectivity index (χ3n) is 4.11. The number of carbonyl (C=O) groups excluding carboxylic acids is 2. The molecular weight excluding hydrogens is 272 g/mol. The molecule has 2 amide bonds. The number of rotatable bonds is 5. The van der Waals surface area contributed by atoms with E-state index in [0.29, 0.717) is 19.4 Å². The molecular formula is C15H22N2O2S. The van der Waals surface area contributed by atoms with Gasteiger partial charge in [-0.1, -0.05) is 26.3 Å². The molecule has 1 aliphatic heterocycles. The molecule has 2 heterocycles. The highest BCUT2D eigenvalue weighted by Crippen LogP contribution is 2.29. The molecule has 5 heteroatoms. The van der Waals surface area contributed by atoms with Gasteiger partial charge in [-0.15, -0.1) is 11.3 Å². The van der Waals surface area contributed by atoms with Crippen molar-refractivity contribution in [2.75, 3.05) is 0 Å². The molecule has 0 saturated carbocycles. The van der Waals surface area contributed by atoms with Crippen LogP contribution < -0.4 is 5.32 Å². The number of piperazine rings is 1. The maximum atomic E-state index is 12.7. The predicted octanol–water partition coefficient (Wildman–Crippen LogP) is 2.54. The van der Waals surface area contributed by atoms with Crippen LogP contribution in [-0.2, 0) is 16.1 Å². The summed E-state index contributed by atoms with van der Waals surface area (Å²) in [5.41, 5.74) is -0.745. The summed E-state index contributed by atoms with van der Waals surface area (Å²) in [6, 6.07) is 3.61. The lowest BCUT2D eigenvalue weighted by Gasteiger charge is -2.45. The molecule has 1 N–H and O–H groups in total. The van der Waals surface area contributed by atoms with Crippen LogP contribution in [0.4, 0.5) is 0 Å². The van der Waals surface area contributed by atoms with Crippen LogP contribution in [0.1, 0.15) is 44.9 Å². The number of nitrogens with one attached hydrogen (secondary N) is 1. The number of hydrogen-bond acceptors (Lipinski definition) is 3. The maximum absolute atomic E-state index is 12.7. The van der Waals surface area contributed by atoms with Crippen molar-refractivity contribution in [1.29, 1.82) is 0 Å². The van der Waals surface area contributed by atoms with Gasteiger partial charge in [0.25, 0.3) is 0 Å². The molecule has 4 nitrogen and oxygen atoms in total. The molecule has 0 bridgehead atoms. The largest absolute Gasteiger partial charge is 0.342 e. The van der Waals surface area contributed by atoms with Gasteiger partial charge in [0, 0.05) is 4.88 Å². The molecule has 0 spiro atoms. The number of amides is 2. The monoisotopic (exact) mass is 294 g/mol. The lowest BCUT2D eigenvalue weighted by molar-refractivity contribution is -0.157. The summed E-state index contributed by atoms with van der Waals surface area (Å²) in [5, 5.41) is 4.89. The Balaban J connectivity index is 2.29. The Labute approximate surface area is 124 Å². The minimum absolute atomic E-state index is 0.0328. The SMILES string of the molecule is CCCC1NC(=O)C(C)(CC)N(Cc2cccs2)C1=O. The van der Waals surface area contributed by atoms with Crippen LogP contribution in [0.2, 0.25) is 0 Å². The minimum Gasteiger partial charge on any atom is -0.342 e. The molecule has 1 aromatic heterocycles. The van der Waals surface area contributed by atoms with Crippen LogP contribution in [0.3, 0.4) is 0 Å². The third kappa shape index (κ3) is 2.59. The van der Waals surface area contributed by atoms with E-state index >= 15 is 0 Å². The molecule has 1 aliphatic rings. The van der Waals surface area contributed by atoms with Crippen LogP contribution in [0, 0.1) is 0 Å². The lowest BCUT2D eigenvalue weighted by atomic mass is 9.89. The van der Waals surface area contributed by atoms with Gasteiger partial charge >= 0.3 is 0 Å². The number of nitrogens with zero attached hydrogens (tertiary/aromatic N) is 1. The summed E-state index contributed by atoms with van der Waals surface area (Å²) < 4.78 is 0. The van der Waals surface area contributed by atoms with Crippen LogP contribution in [0.25, 0.3) is 0 Å². The van der Waals surface area contributed by atoms with E-state index in [4.69, 9.17) is 0 Å². The highest BCUT2D eigenvalue weighted by Gasteiger charge is 2.47. The van der Waals surface area contributed by atoms with Gasteiger partial charge in [0.05, 0.1) is 6.54 Å². The summed E-state index contributed by atoms with van der Waals surface area (Å²) >= 11 is 1.62. The van der Waals surface area contributed by atoms with Gasteiger partial charge in [-0.05, 0) is 31.2 Å². The van der Waals surface area contributed by atoms with Crippen molar-refractivity contribution in [3.05, 3.63) is 22.4 Å². The molecule has 20 heavy (non-hydrogen) atoms. The van der Waals surface area contributed by atoms with Crippen LogP contribution >= 0.6 is 11.3 Å². The Hall–Kier alpha value is -1.36. The van der Waals surface area contributed by atoms with Crippen molar-refractivity contribution >= 4 is 23.2 Å². The first-order chi connectivity index (χ1) is 9.52. The fourth-order valence-electron chi connectivity index (χ4n) is 2.58. The summed E-state index contributed by atoms with van der Waals surface area (Å²) in [6.45, 7) is 6.36. The predicted molar refractivity (Wildman–Crippen MR) is 80.4 cm³/mol. The molecule has 0 aliphatic carbocycles. The fourth-order valence-corrected chi connectivity index (χ4v) is 3.27. The van der Waals surface area contributed by atoms with Crippen molar-refractivity contribution in [2.45, 2.75) is 58.2 Å². The van der Waals surface area contributed by atoms with Gasteiger partial charge in [-0.25, -0.2) is 0 Å². The second kappa shape index (κ2) is 5.95. The minimum atomic E-state index is -0.745. The Morgan fingerprint density at radius 1 is 1.40 bits per heavy atom. The summed E-state index contributed by atoms with van der Waals surface area (Å²) in [5.74, 6) is 0.0128. The zero-order valence-electron chi connectivity index (χ0n) is 12.3. The zero-order chi connectivity index (χ0) is 14.8. The van der Waals surface area contributed by atoms with E-state index in [1.165, 1.54) is 0 Å². The Bertz CT molecular complexity index is 486. The average Bonchev–Trinajstić information content (AvgIpc) is 2.94. The number of carbonyl (C=O) groups is 2. The first-order valence-electron chi connectivity index (χ1n) is 7.17. The number of hydrogen-bond donors (Lipinski definition) is 1. The molecule has 1 aromatic rings. The highest BCUT2D eigenvalue weighted by atomic mass is 32.1. The Morgan fingerprint density at radius 3 is 2.70 bits per heavy atom. The molecule has 0 radical (unpaired) electrons. The molecule has 2 rings (SSSR count). The van der Waals surface area contributed by atoms with Gasteiger partial charge < -0.3 is 10.2 Å². The van der Waals surface area contributed by atoms with Gasteiger partial charge in [0.2, 0.25) is 11.8 Å². The lowest BCUT2D eigenvalue weighted by Crippen LogP contribution is -2.68. The molecule has 1 saturated heterocycles. The third-order valence-corrected chi connectivity index (χ3v) is 4.98. The van der Waals surface area contributed by atoms with E-state index in [9.17, 15) is 9.59 Å². The van der Waals surface area contributed by atoms with Crippen molar-refractivity contribution in [2.24, 2.45) is 0 Å². The van der Waals surface area contributed by atoms with Crippen molar-refractivity contribution < 1.29 is 9.59 Å². The van der Waals surface area contributed by atoms with Crippen LogP contribution in [0.5, 0.6) is 0 Å². The number of thiophene rings is 1. The highest BCUT2D eigenvalue weighted by molar-refractivity contribution is 7.09. The summed E-state index contributed by atoms with van der Waals surface area (Å²) in [6.07, 6.45) is 2.20. The van der Waals surface area contributed by atoms with Crippen LogP contribution in [0.15, 0.2) is 17.5 Å². The zero-order valence-corrected chi connectivity index (χ0v) is 13.1. The fraction of sp³-hybridized carbons (Fsp3) is 0.600. The molecule has 2 unspecified atom stereocenters. The summed E-state index contributed by atoms with van der Waals surface area (Å²) in [7, 11) is 0. The van der Waals surface area contributed by atoms with Gasteiger partial charge in [-0.3, -0.25) is 9.59 Å². The normalized spacial score (nSPS) is 26.8. The Kier molecular flexibility index (Phi) is 4.48. The molecule has 110 valence electrons. The smallest absolute Gasteiger partial charge is 0.246 e. The van der Waals surface area contributed by atoms with E-state index in [2.05, 4.69) is 5.32 Å². The van der Waals surface area contributed by atoms with E-state index in [-0.39, 0.29) is 17.9 Å². The van der Waals surface area contributed by atoms with E-state index in [0.717, 1.165) is 11.3 Å². The van der Waals surface area contributed by atoms with E-state index < -0.39 is 5.54 Å². The first kappa shape index (κ1) is 15.0. The van der Waals surface area contributed by atoms with Crippen molar-refractivity contribution in [3.63, 3.8) is 0 Å². The topological polar surface area (TPSA) is 49.4 Å². The van der Waals surface area contributed by atoms with E-state index in [1.54, 1.807) is 16.2 Å². The second-order valence-corrected chi connectivity index (χ2v) is 6.48.